The van der Waals surface area contributed by atoms with Gasteiger partial charge < -0.3 is 50.0 Å². The molecule has 166 valence electrons. The monoisotopic (exact) mass is 436 g/mol. The van der Waals surface area contributed by atoms with E-state index in [9.17, 15) is 30.3 Å². The maximum Gasteiger partial charge on any atom is 0.238 e. The Hall–Kier alpha value is -3.51. The first kappa shape index (κ1) is 22.2. The summed E-state index contributed by atoms with van der Waals surface area (Å²) < 4.78 is 10.1. The highest BCUT2D eigenvalue weighted by Gasteiger charge is 2.33. The van der Waals surface area contributed by atoms with E-state index in [0.717, 1.165) is 24.3 Å². The van der Waals surface area contributed by atoms with Crippen molar-refractivity contribution in [3.8, 4) is 40.1 Å². The summed E-state index contributed by atoms with van der Waals surface area (Å²) in [7, 11) is 0. The zero-order valence-electron chi connectivity index (χ0n) is 15.8. The van der Waals surface area contributed by atoms with Crippen LogP contribution in [0.25, 0.3) is 22.3 Å². The molecule has 4 rings (SSSR count). The third-order valence-corrected chi connectivity index (χ3v) is 4.61. The van der Waals surface area contributed by atoms with Crippen LogP contribution in [0.1, 0.15) is 0 Å². The topological polar surface area (TPSA) is 201 Å². The summed E-state index contributed by atoms with van der Waals surface area (Å²) in [6.07, 6.45) is -2.35. The van der Waals surface area contributed by atoms with Crippen molar-refractivity contribution in [2.45, 2.75) is 18.3 Å². The lowest BCUT2D eigenvalue weighted by molar-refractivity contribution is -0.00588. The van der Waals surface area contributed by atoms with Gasteiger partial charge in [-0.2, -0.15) is 0 Å². The number of aromatic hydroxyl groups is 5. The third-order valence-electron chi connectivity index (χ3n) is 4.61. The molecule has 0 aliphatic carbocycles. The van der Waals surface area contributed by atoms with Crippen LogP contribution >= 0.6 is 0 Å². The summed E-state index contributed by atoms with van der Waals surface area (Å²) in [6, 6.07) is 5.64. The van der Waals surface area contributed by atoms with Crippen LogP contribution in [-0.2, 0) is 4.74 Å². The lowest BCUT2D eigenvalue weighted by Gasteiger charge is -2.10. The maximum atomic E-state index is 12.1. The van der Waals surface area contributed by atoms with Crippen molar-refractivity contribution in [3.05, 3.63) is 40.6 Å². The van der Waals surface area contributed by atoms with Crippen LogP contribution in [-0.4, -0.2) is 72.4 Å². The van der Waals surface area contributed by atoms with Gasteiger partial charge in [-0.3, -0.25) is 4.79 Å². The average molecular weight is 436 g/mol. The van der Waals surface area contributed by atoms with Crippen LogP contribution < -0.4 is 5.43 Å². The molecule has 11 heteroatoms. The highest BCUT2D eigenvalue weighted by atomic mass is 16.5. The van der Waals surface area contributed by atoms with E-state index in [1.54, 1.807) is 0 Å². The summed E-state index contributed by atoms with van der Waals surface area (Å²) in [6.45, 7) is -0.120. The Morgan fingerprint density at radius 2 is 1.65 bits per heavy atom. The van der Waals surface area contributed by atoms with Gasteiger partial charge in [-0.1, -0.05) is 0 Å². The second-order valence-corrected chi connectivity index (χ2v) is 6.76. The Labute approximate surface area is 173 Å². The van der Waals surface area contributed by atoms with Gasteiger partial charge in [0.2, 0.25) is 11.2 Å². The smallest absolute Gasteiger partial charge is 0.238 e. The normalized spacial score (nSPS) is 20.4. The van der Waals surface area contributed by atoms with Crippen molar-refractivity contribution in [1.29, 1.82) is 0 Å². The molecule has 31 heavy (non-hydrogen) atoms. The minimum atomic E-state index is -0.921. The first-order valence-corrected chi connectivity index (χ1v) is 8.96. The number of hydrogen-bond donors (Lipinski definition) is 8. The Bertz CT molecular complexity index is 1150. The van der Waals surface area contributed by atoms with Crippen molar-refractivity contribution >= 4 is 11.0 Å². The number of aliphatic hydroxyl groups excluding tert-OH is 3. The Balaban J connectivity index is 0.000000254. The van der Waals surface area contributed by atoms with E-state index in [4.69, 9.17) is 24.5 Å². The summed E-state index contributed by atoms with van der Waals surface area (Å²) in [5, 5.41) is 73.8. The van der Waals surface area contributed by atoms with Crippen molar-refractivity contribution in [1.82, 2.24) is 0 Å². The zero-order valence-corrected chi connectivity index (χ0v) is 15.8. The van der Waals surface area contributed by atoms with Crippen molar-refractivity contribution in [2.24, 2.45) is 0 Å². The molecular formula is C20H20O11. The molecule has 11 nitrogen and oxygen atoms in total. The molecule has 1 saturated heterocycles. The first-order valence-electron chi connectivity index (χ1n) is 8.96. The van der Waals surface area contributed by atoms with Crippen molar-refractivity contribution in [3.63, 3.8) is 0 Å². The fraction of sp³-hybridized carbons (Fsp3) is 0.250. The van der Waals surface area contributed by atoms with E-state index in [1.165, 1.54) is 6.07 Å². The number of ether oxygens (including phenoxy) is 1. The van der Waals surface area contributed by atoms with E-state index in [2.05, 4.69) is 0 Å². The highest BCUT2D eigenvalue weighted by molar-refractivity contribution is 5.88. The van der Waals surface area contributed by atoms with Crippen LogP contribution in [0.15, 0.2) is 39.5 Å². The van der Waals surface area contributed by atoms with E-state index in [-0.39, 0.29) is 47.0 Å². The second kappa shape index (κ2) is 8.70. The number of hydrogen-bond acceptors (Lipinski definition) is 11. The van der Waals surface area contributed by atoms with Crippen LogP contribution in [0.4, 0.5) is 0 Å². The first-order chi connectivity index (χ1) is 14.6. The van der Waals surface area contributed by atoms with Crippen LogP contribution in [0.5, 0.6) is 28.7 Å². The van der Waals surface area contributed by atoms with Crippen LogP contribution in [0.2, 0.25) is 0 Å². The molecule has 3 atom stereocenters. The van der Waals surface area contributed by atoms with Gasteiger partial charge in [-0.15, -0.1) is 0 Å². The summed E-state index contributed by atoms with van der Waals surface area (Å²) in [5.74, 6) is -2.71. The molecule has 1 aliphatic heterocycles. The molecule has 0 saturated carbocycles. The quantitative estimate of drug-likeness (QED) is 0.253. The van der Waals surface area contributed by atoms with Crippen molar-refractivity contribution < 1.29 is 50.0 Å². The average Bonchev–Trinajstić information content (AvgIpc) is 3.04. The van der Waals surface area contributed by atoms with E-state index >= 15 is 0 Å². The number of fused-ring (bicyclic) bond motifs is 1. The number of phenols is 4. The van der Waals surface area contributed by atoms with Gasteiger partial charge in [0.15, 0.2) is 17.3 Å². The van der Waals surface area contributed by atoms with Gasteiger partial charge in [-0.05, 0) is 18.2 Å². The molecule has 0 amide bonds. The van der Waals surface area contributed by atoms with Crippen molar-refractivity contribution in [2.75, 3.05) is 13.2 Å². The van der Waals surface area contributed by atoms with Crippen LogP contribution in [0.3, 0.4) is 0 Å². The predicted octanol–water partition coefficient (Wildman–Crippen LogP) is 0.0873. The minimum Gasteiger partial charge on any atom is -0.508 e. The van der Waals surface area contributed by atoms with Gasteiger partial charge >= 0.3 is 0 Å². The fourth-order valence-corrected chi connectivity index (χ4v) is 2.96. The fourth-order valence-electron chi connectivity index (χ4n) is 2.96. The summed E-state index contributed by atoms with van der Waals surface area (Å²) >= 11 is 0. The SMILES string of the molecule is O=c1c(O)c(-c2ccc(O)c(O)c2)oc2cc(O)cc(O)c12.OC[C@H]1OC[C@@H](O)[C@@H]1O. The number of benzene rings is 2. The molecule has 1 aromatic heterocycles. The van der Waals surface area contributed by atoms with Gasteiger partial charge in [0.1, 0.15) is 40.8 Å². The Morgan fingerprint density at radius 1 is 0.935 bits per heavy atom. The Morgan fingerprint density at radius 3 is 2.19 bits per heavy atom. The van der Waals surface area contributed by atoms with Gasteiger partial charge in [0.05, 0.1) is 13.2 Å². The van der Waals surface area contributed by atoms with E-state index < -0.39 is 41.0 Å². The molecule has 2 aromatic carbocycles. The zero-order chi connectivity index (χ0) is 22.9. The van der Waals surface area contributed by atoms with Gasteiger partial charge in [0.25, 0.3) is 0 Å². The van der Waals surface area contributed by atoms with E-state index in [1.807, 2.05) is 0 Å². The minimum absolute atomic E-state index is 0.117. The molecule has 1 fully saturated rings. The number of aliphatic hydroxyl groups is 3. The third kappa shape index (κ3) is 4.34. The van der Waals surface area contributed by atoms with Crippen LogP contribution in [0, 0.1) is 0 Å². The molecule has 1 aliphatic rings. The van der Waals surface area contributed by atoms with Gasteiger partial charge in [-0.25, -0.2) is 0 Å². The lowest BCUT2D eigenvalue weighted by atomic mass is 10.1. The molecule has 3 aromatic rings. The molecule has 2 heterocycles. The molecular weight excluding hydrogens is 416 g/mol. The number of rotatable bonds is 2. The molecule has 8 N–H and O–H groups in total. The summed E-state index contributed by atoms with van der Waals surface area (Å²) in [5.41, 5.74) is -0.890. The molecule has 0 radical (unpaired) electrons. The predicted molar refractivity (Wildman–Crippen MR) is 105 cm³/mol. The standard InChI is InChI=1S/C15H10O7.C5H10O4/c16-7-4-10(19)12-11(5-7)22-15(14(21)13(12)20)6-1-2-8(17)9(18)3-6;6-1-4-5(8)3(7)2-9-4/h1-5,16-19,21H;3-8H,1-2H2/t;3-,4-,5+/m.1/s1. The van der Waals surface area contributed by atoms with E-state index in [0.29, 0.717) is 0 Å². The second-order valence-electron chi connectivity index (χ2n) is 6.76. The van der Waals surface area contributed by atoms with Gasteiger partial charge in [0, 0.05) is 17.7 Å². The summed E-state index contributed by atoms with van der Waals surface area (Å²) in [4.78, 5) is 12.1. The maximum absolute atomic E-state index is 12.1. The number of phenolic OH excluding ortho intramolecular Hbond substituents is 4. The highest BCUT2D eigenvalue weighted by Crippen LogP contribution is 2.37. The Kier molecular flexibility index (Phi) is 6.22. The molecule has 0 spiro atoms. The molecule has 0 bridgehead atoms. The molecule has 0 unspecified atom stereocenters. The lowest BCUT2D eigenvalue weighted by Crippen LogP contribution is -2.31. The largest absolute Gasteiger partial charge is 0.508 e.